The third-order valence-electron chi connectivity index (χ3n) is 2.26. The van der Waals surface area contributed by atoms with Gasteiger partial charge in [-0.1, -0.05) is 59.3 Å². The average Bonchev–Trinajstić information content (AvgIpc) is 2.80. The average molecular weight is 384 g/mol. The third kappa shape index (κ3) is 5.00. The molecule has 1 N–H and O–H groups in total. The molecule has 0 amide bonds. The predicted molar refractivity (Wildman–Crippen MR) is 89.0 cm³/mol. The van der Waals surface area contributed by atoms with Crippen molar-refractivity contribution in [2.75, 3.05) is 10.5 Å². The van der Waals surface area contributed by atoms with E-state index in [2.05, 4.69) is 14.9 Å². The normalized spacial score (nSPS) is 11.6. The molecular weight excluding hydrogens is 373 g/mol. The van der Waals surface area contributed by atoms with Gasteiger partial charge in [0, 0.05) is 0 Å². The van der Waals surface area contributed by atoms with E-state index in [9.17, 15) is 8.42 Å². The molecule has 2 aromatic rings. The van der Waals surface area contributed by atoms with Gasteiger partial charge >= 0.3 is 0 Å². The van der Waals surface area contributed by atoms with Crippen LogP contribution in [0.1, 0.15) is 12.5 Å². The number of halogens is 2. The van der Waals surface area contributed by atoms with Crippen LogP contribution in [0.15, 0.2) is 22.5 Å². The first-order chi connectivity index (χ1) is 9.89. The predicted octanol–water partition coefficient (Wildman–Crippen LogP) is 3.90. The summed E-state index contributed by atoms with van der Waals surface area (Å²) in [5.41, 5.74) is 0.546. The van der Waals surface area contributed by atoms with Crippen molar-refractivity contribution < 1.29 is 8.42 Å². The number of benzene rings is 1. The first kappa shape index (κ1) is 16.8. The number of nitrogens with one attached hydrogen (secondary N) is 1. The fraction of sp³-hybridized carbons (Fsp3) is 0.273. The highest BCUT2D eigenvalue weighted by atomic mass is 35.5. The molecule has 5 nitrogen and oxygen atoms in total. The Balaban J connectivity index is 2.08. The summed E-state index contributed by atoms with van der Waals surface area (Å²) in [5.74, 6) is 0.643. The largest absolute Gasteiger partial charge is 0.257 e. The van der Waals surface area contributed by atoms with Crippen LogP contribution in [0.2, 0.25) is 10.0 Å². The van der Waals surface area contributed by atoms with E-state index in [1.807, 2.05) is 6.92 Å². The van der Waals surface area contributed by atoms with Crippen molar-refractivity contribution in [3.8, 4) is 0 Å². The Labute approximate surface area is 141 Å². The van der Waals surface area contributed by atoms with Crippen LogP contribution < -0.4 is 4.72 Å². The van der Waals surface area contributed by atoms with Gasteiger partial charge in [0.1, 0.15) is 0 Å². The van der Waals surface area contributed by atoms with E-state index in [0.29, 0.717) is 15.6 Å². The van der Waals surface area contributed by atoms with Crippen LogP contribution in [-0.2, 0) is 15.8 Å². The van der Waals surface area contributed by atoms with Gasteiger partial charge in [-0.3, -0.25) is 4.72 Å². The van der Waals surface area contributed by atoms with Gasteiger partial charge in [-0.05, 0) is 23.4 Å². The van der Waals surface area contributed by atoms with Crippen molar-refractivity contribution in [2.45, 2.75) is 17.0 Å². The van der Waals surface area contributed by atoms with Crippen LogP contribution in [-0.4, -0.2) is 24.4 Å². The summed E-state index contributed by atoms with van der Waals surface area (Å²) in [6.07, 6.45) is 0. The van der Waals surface area contributed by atoms with Gasteiger partial charge in [-0.15, -0.1) is 10.2 Å². The van der Waals surface area contributed by atoms with Crippen LogP contribution in [0, 0.1) is 0 Å². The van der Waals surface area contributed by atoms with Crippen LogP contribution in [0.25, 0.3) is 0 Å². The second kappa shape index (κ2) is 7.15. The molecule has 0 fully saturated rings. The summed E-state index contributed by atoms with van der Waals surface area (Å²) in [7, 11) is -3.57. The Hall–Kier alpha value is -0.540. The highest BCUT2D eigenvalue weighted by molar-refractivity contribution is 8.01. The highest BCUT2D eigenvalue weighted by Crippen LogP contribution is 2.27. The van der Waals surface area contributed by atoms with Gasteiger partial charge in [-0.25, -0.2) is 8.42 Å². The number of hydrogen-bond donors (Lipinski definition) is 1. The Bertz CT molecular complexity index is 734. The van der Waals surface area contributed by atoms with Gasteiger partial charge in [-0.2, -0.15) is 0 Å². The maximum absolute atomic E-state index is 12.1. The number of nitrogens with zero attached hydrogens (tertiary/aromatic N) is 2. The van der Waals surface area contributed by atoms with Crippen LogP contribution in [0.3, 0.4) is 0 Å². The van der Waals surface area contributed by atoms with Crippen LogP contribution >= 0.6 is 46.3 Å². The minimum Gasteiger partial charge on any atom is -0.257 e. The molecule has 1 aromatic heterocycles. The smallest absolute Gasteiger partial charge is 0.238 e. The van der Waals surface area contributed by atoms with Crippen molar-refractivity contribution in [3.63, 3.8) is 0 Å². The van der Waals surface area contributed by atoms with Crippen molar-refractivity contribution in [1.82, 2.24) is 10.2 Å². The minimum atomic E-state index is -3.57. The fourth-order valence-corrected chi connectivity index (χ4v) is 4.82. The molecule has 0 aliphatic rings. The Morgan fingerprint density at radius 3 is 2.71 bits per heavy atom. The SMILES string of the molecule is CCSc1nnc(NS(=O)(=O)Cc2ccc(Cl)c(Cl)c2)s1. The monoisotopic (exact) mass is 383 g/mol. The number of anilines is 1. The van der Waals surface area contributed by atoms with E-state index in [0.717, 1.165) is 10.1 Å². The van der Waals surface area contributed by atoms with E-state index in [4.69, 9.17) is 23.2 Å². The second-order valence-electron chi connectivity index (χ2n) is 3.92. The van der Waals surface area contributed by atoms with E-state index < -0.39 is 10.0 Å². The molecule has 0 unspecified atom stereocenters. The molecular formula is C11H11Cl2N3O2S3. The lowest BCUT2D eigenvalue weighted by Gasteiger charge is -2.05. The Morgan fingerprint density at radius 1 is 1.29 bits per heavy atom. The van der Waals surface area contributed by atoms with E-state index in [1.165, 1.54) is 29.2 Å². The van der Waals surface area contributed by atoms with Gasteiger partial charge in [0.15, 0.2) is 4.34 Å². The lowest BCUT2D eigenvalue weighted by molar-refractivity contribution is 0.600. The molecule has 2 rings (SSSR count). The molecule has 0 atom stereocenters. The Morgan fingerprint density at radius 2 is 2.05 bits per heavy atom. The molecule has 0 radical (unpaired) electrons. The van der Waals surface area contributed by atoms with Crippen LogP contribution in [0.4, 0.5) is 5.13 Å². The lowest BCUT2D eigenvalue weighted by Crippen LogP contribution is -2.14. The summed E-state index contributed by atoms with van der Waals surface area (Å²) in [6.45, 7) is 1.99. The van der Waals surface area contributed by atoms with Gasteiger partial charge in [0.25, 0.3) is 0 Å². The quantitative estimate of drug-likeness (QED) is 0.765. The van der Waals surface area contributed by atoms with Crippen molar-refractivity contribution in [3.05, 3.63) is 33.8 Å². The number of sulfonamides is 1. The molecule has 10 heteroatoms. The minimum absolute atomic E-state index is 0.209. The molecule has 0 aliphatic carbocycles. The molecule has 1 aromatic carbocycles. The second-order valence-corrected chi connectivity index (χ2v) is 8.94. The van der Waals surface area contributed by atoms with Crippen molar-refractivity contribution in [1.29, 1.82) is 0 Å². The van der Waals surface area contributed by atoms with Gasteiger partial charge in [0.2, 0.25) is 15.2 Å². The molecule has 0 spiro atoms. The Kier molecular flexibility index (Phi) is 5.73. The molecule has 21 heavy (non-hydrogen) atoms. The first-order valence-corrected chi connectivity index (χ1v) is 10.0. The van der Waals surface area contributed by atoms with E-state index in [1.54, 1.807) is 12.1 Å². The zero-order valence-corrected chi connectivity index (χ0v) is 14.8. The van der Waals surface area contributed by atoms with E-state index >= 15 is 0 Å². The number of hydrogen-bond acceptors (Lipinski definition) is 6. The zero-order valence-electron chi connectivity index (χ0n) is 10.8. The third-order valence-corrected chi connectivity index (χ3v) is 6.20. The molecule has 114 valence electrons. The summed E-state index contributed by atoms with van der Waals surface area (Å²) in [4.78, 5) is 0. The molecule has 0 aliphatic heterocycles. The summed E-state index contributed by atoms with van der Waals surface area (Å²) in [6, 6.07) is 4.71. The van der Waals surface area contributed by atoms with Gasteiger partial charge in [0.05, 0.1) is 15.8 Å². The fourth-order valence-electron chi connectivity index (χ4n) is 1.45. The zero-order chi connectivity index (χ0) is 15.5. The first-order valence-electron chi connectivity index (χ1n) is 5.80. The number of rotatable bonds is 6. The van der Waals surface area contributed by atoms with Crippen molar-refractivity contribution in [2.24, 2.45) is 0 Å². The summed E-state index contributed by atoms with van der Waals surface area (Å²) >= 11 is 14.4. The van der Waals surface area contributed by atoms with Crippen molar-refractivity contribution >= 4 is 61.5 Å². The molecule has 0 bridgehead atoms. The summed E-state index contributed by atoms with van der Waals surface area (Å²) < 4.78 is 27.3. The van der Waals surface area contributed by atoms with Crippen LogP contribution in [0.5, 0.6) is 0 Å². The maximum Gasteiger partial charge on any atom is 0.238 e. The standard InChI is InChI=1S/C11H11Cl2N3O2S3/c1-2-19-11-15-14-10(20-11)16-21(17,18)6-7-3-4-8(12)9(13)5-7/h3-5H,2,6H2,1H3,(H,14,16). The topological polar surface area (TPSA) is 72.0 Å². The highest BCUT2D eigenvalue weighted by Gasteiger charge is 2.15. The summed E-state index contributed by atoms with van der Waals surface area (Å²) in [5, 5.41) is 8.65. The lowest BCUT2D eigenvalue weighted by atomic mass is 10.2. The number of thioether (sulfide) groups is 1. The van der Waals surface area contributed by atoms with E-state index in [-0.39, 0.29) is 10.9 Å². The molecule has 0 saturated heterocycles. The number of aromatic nitrogens is 2. The maximum atomic E-state index is 12.1. The van der Waals surface area contributed by atoms with Gasteiger partial charge < -0.3 is 0 Å². The molecule has 0 saturated carbocycles. The molecule has 1 heterocycles.